The van der Waals surface area contributed by atoms with Crippen molar-refractivity contribution in [3.05, 3.63) is 58.3 Å². The molecular weight excluding hydrogens is 434 g/mol. The fourth-order valence-corrected chi connectivity index (χ4v) is 4.65. The molecule has 1 aliphatic rings. The molecule has 2 atom stereocenters. The first-order chi connectivity index (χ1) is 16.4. The van der Waals surface area contributed by atoms with Gasteiger partial charge < -0.3 is 24.3 Å². The summed E-state index contributed by atoms with van der Waals surface area (Å²) in [5.41, 5.74) is 3.76. The molecule has 0 bridgehead atoms. The van der Waals surface area contributed by atoms with Gasteiger partial charge in [-0.05, 0) is 44.9 Å². The summed E-state index contributed by atoms with van der Waals surface area (Å²) in [6, 6.07) is 9.20. The molecule has 2 N–H and O–H groups in total. The summed E-state index contributed by atoms with van der Waals surface area (Å²) in [7, 11) is 1.40. The summed E-state index contributed by atoms with van der Waals surface area (Å²) in [4.78, 5) is 31.4. The quantitative estimate of drug-likeness (QED) is 0.527. The number of imidazole rings is 1. The maximum absolute atomic E-state index is 12.5. The zero-order valence-corrected chi connectivity index (χ0v) is 20.0. The molecule has 3 heterocycles. The third-order valence-electron chi connectivity index (χ3n) is 6.54. The van der Waals surface area contributed by atoms with Crippen LogP contribution in [0.2, 0.25) is 0 Å². The Kier molecular flexibility index (Phi) is 7.33. The van der Waals surface area contributed by atoms with Crippen LogP contribution < -0.4 is 15.8 Å². The summed E-state index contributed by atoms with van der Waals surface area (Å²) >= 11 is 0. The molecule has 182 valence electrons. The third kappa shape index (κ3) is 4.71. The number of hydrogen-bond acceptors (Lipinski definition) is 6. The van der Waals surface area contributed by atoms with E-state index in [-0.39, 0.29) is 30.3 Å². The van der Waals surface area contributed by atoms with Crippen molar-refractivity contribution in [2.75, 3.05) is 25.2 Å². The van der Waals surface area contributed by atoms with Crippen LogP contribution in [-0.4, -0.2) is 57.7 Å². The molecule has 9 nitrogen and oxygen atoms in total. The molecule has 0 fully saturated rings. The molecule has 0 spiro atoms. The van der Waals surface area contributed by atoms with Gasteiger partial charge in [0.05, 0.1) is 30.4 Å². The van der Waals surface area contributed by atoms with Gasteiger partial charge in [-0.3, -0.25) is 9.69 Å². The predicted molar refractivity (Wildman–Crippen MR) is 131 cm³/mol. The van der Waals surface area contributed by atoms with Crippen molar-refractivity contribution < 1.29 is 14.6 Å². The number of aromatic nitrogens is 3. The van der Waals surface area contributed by atoms with E-state index in [4.69, 9.17) is 9.72 Å². The van der Waals surface area contributed by atoms with E-state index in [9.17, 15) is 14.7 Å². The molecule has 0 unspecified atom stereocenters. The first-order valence-electron chi connectivity index (χ1n) is 11.8. The highest BCUT2D eigenvalue weighted by Crippen LogP contribution is 2.36. The minimum absolute atomic E-state index is 0.00370. The molecule has 1 aliphatic heterocycles. The first kappa shape index (κ1) is 24.0. The average Bonchev–Trinajstić information content (AvgIpc) is 3.20. The number of carbonyl (C=O) groups excluding carboxylic acids is 1. The molecule has 34 heavy (non-hydrogen) atoms. The SMILES string of the molecule is COC(=O)N1c2ccc3c(nc(CCn4ccccc4=O)n3CCN[C@H](C)CO)c2CC[C@@H]1C. The fourth-order valence-electron chi connectivity index (χ4n) is 4.65. The van der Waals surface area contributed by atoms with Gasteiger partial charge in [-0.25, -0.2) is 9.78 Å². The Bertz CT molecular complexity index is 1220. The van der Waals surface area contributed by atoms with Crippen molar-refractivity contribution in [1.29, 1.82) is 0 Å². The van der Waals surface area contributed by atoms with Crippen molar-refractivity contribution in [2.24, 2.45) is 0 Å². The Balaban J connectivity index is 1.73. The van der Waals surface area contributed by atoms with Gasteiger partial charge in [-0.2, -0.15) is 0 Å². The standard InChI is InChI=1S/C25H33N5O4/c1-17(16-31)26-12-15-29-21-10-9-20-19(8-7-18(2)30(20)25(33)34-3)24(21)27-22(29)11-14-28-13-5-4-6-23(28)32/h4-6,9-10,13,17-18,26,31H,7-8,11-12,14-16H2,1-3H3/t17-,18+/m1/s1. The lowest BCUT2D eigenvalue weighted by molar-refractivity contribution is 0.175. The number of aliphatic hydroxyl groups is 1. The summed E-state index contributed by atoms with van der Waals surface area (Å²) in [5.74, 6) is 0.890. The predicted octanol–water partition coefficient (Wildman–Crippen LogP) is 2.32. The number of anilines is 1. The number of aliphatic hydroxyl groups excluding tert-OH is 1. The molecule has 0 aliphatic carbocycles. The van der Waals surface area contributed by atoms with Gasteiger partial charge in [0.1, 0.15) is 5.82 Å². The van der Waals surface area contributed by atoms with Crippen molar-refractivity contribution in [2.45, 2.75) is 58.3 Å². The summed E-state index contributed by atoms with van der Waals surface area (Å²) in [5, 5.41) is 12.7. The van der Waals surface area contributed by atoms with Crippen LogP contribution in [0.3, 0.4) is 0 Å². The van der Waals surface area contributed by atoms with E-state index in [0.29, 0.717) is 26.1 Å². The highest BCUT2D eigenvalue weighted by molar-refractivity contribution is 5.95. The van der Waals surface area contributed by atoms with E-state index < -0.39 is 0 Å². The molecule has 2 aromatic heterocycles. The van der Waals surface area contributed by atoms with Crippen molar-refractivity contribution in [1.82, 2.24) is 19.4 Å². The Morgan fingerprint density at radius 1 is 1.29 bits per heavy atom. The Hall–Kier alpha value is -3.17. The Labute approximate surface area is 199 Å². The second kappa shape index (κ2) is 10.4. The van der Waals surface area contributed by atoms with Gasteiger partial charge in [0.25, 0.3) is 5.56 Å². The molecular formula is C25H33N5O4. The van der Waals surface area contributed by atoms with Gasteiger partial charge in [-0.15, -0.1) is 0 Å². The molecule has 0 saturated carbocycles. The van der Waals surface area contributed by atoms with Crippen LogP contribution in [0.5, 0.6) is 0 Å². The van der Waals surface area contributed by atoms with Crippen LogP contribution >= 0.6 is 0 Å². The normalized spacial score (nSPS) is 16.5. The van der Waals surface area contributed by atoms with E-state index >= 15 is 0 Å². The van der Waals surface area contributed by atoms with Crippen LogP contribution in [0, 0.1) is 0 Å². The molecule has 1 aromatic carbocycles. The Morgan fingerprint density at radius 2 is 2.12 bits per heavy atom. The molecule has 0 saturated heterocycles. The summed E-state index contributed by atoms with van der Waals surface area (Å²) < 4.78 is 8.91. The Morgan fingerprint density at radius 3 is 2.85 bits per heavy atom. The molecule has 4 rings (SSSR count). The topological polar surface area (TPSA) is 102 Å². The van der Waals surface area contributed by atoms with Gasteiger partial charge in [0.2, 0.25) is 0 Å². The number of aryl methyl sites for hydroxylation is 3. The van der Waals surface area contributed by atoms with E-state index in [2.05, 4.69) is 9.88 Å². The second-order valence-electron chi connectivity index (χ2n) is 8.86. The lowest BCUT2D eigenvalue weighted by Crippen LogP contribution is -2.42. The van der Waals surface area contributed by atoms with E-state index in [1.807, 2.05) is 32.0 Å². The zero-order chi connectivity index (χ0) is 24.2. The average molecular weight is 468 g/mol. The van der Waals surface area contributed by atoms with Crippen LogP contribution in [0.25, 0.3) is 11.0 Å². The fraction of sp³-hybridized carbons (Fsp3) is 0.480. The van der Waals surface area contributed by atoms with Gasteiger partial charge in [0, 0.05) is 56.0 Å². The maximum atomic E-state index is 12.5. The zero-order valence-electron chi connectivity index (χ0n) is 20.0. The van der Waals surface area contributed by atoms with Gasteiger partial charge >= 0.3 is 6.09 Å². The number of carbonyl (C=O) groups is 1. The van der Waals surface area contributed by atoms with Crippen molar-refractivity contribution >= 4 is 22.8 Å². The number of fused-ring (bicyclic) bond motifs is 3. The van der Waals surface area contributed by atoms with E-state index in [0.717, 1.165) is 41.0 Å². The number of pyridine rings is 1. The summed E-state index contributed by atoms with van der Waals surface area (Å²) in [6.45, 7) is 5.91. The third-order valence-corrected chi connectivity index (χ3v) is 6.54. The summed E-state index contributed by atoms with van der Waals surface area (Å²) in [6.07, 6.45) is 3.68. The number of methoxy groups -OCH3 is 1. The highest BCUT2D eigenvalue weighted by atomic mass is 16.5. The van der Waals surface area contributed by atoms with Crippen LogP contribution in [0.1, 0.15) is 31.7 Å². The maximum Gasteiger partial charge on any atom is 0.414 e. The minimum Gasteiger partial charge on any atom is -0.452 e. The number of nitrogens with one attached hydrogen (secondary N) is 1. The van der Waals surface area contributed by atoms with Gasteiger partial charge in [0.15, 0.2) is 0 Å². The minimum atomic E-state index is -0.363. The second-order valence-corrected chi connectivity index (χ2v) is 8.86. The molecule has 0 radical (unpaired) electrons. The number of amides is 1. The number of rotatable bonds is 8. The molecule has 1 amide bonds. The first-order valence-corrected chi connectivity index (χ1v) is 11.8. The van der Waals surface area contributed by atoms with E-state index in [1.165, 1.54) is 7.11 Å². The van der Waals surface area contributed by atoms with Crippen LogP contribution in [-0.2, 0) is 30.7 Å². The number of nitrogens with zero attached hydrogens (tertiary/aromatic N) is 4. The largest absolute Gasteiger partial charge is 0.452 e. The monoisotopic (exact) mass is 467 g/mol. The van der Waals surface area contributed by atoms with E-state index in [1.54, 1.807) is 27.8 Å². The van der Waals surface area contributed by atoms with Gasteiger partial charge in [-0.1, -0.05) is 6.07 Å². The number of ether oxygens (including phenoxy) is 1. The lowest BCUT2D eigenvalue weighted by atomic mass is 9.96. The lowest BCUT2D eigenvalue weighted by Gasteiger charge is -2.34. The van der Waals surface area contributed by atoms with Crippen LogP contribution in [0.15, 0.2) is 41.3 Å². The number of benzene rings is 1. The highest BCUT2D eigenvalue weighted by Gasteiger charge is 2.31. The van der Waals surface area contributed by atoms with Crippen LogP contribution in [0.4, 0.5) is 10.5 Å². The number of hydrogen-bond donors (Lipinski definition) is 2. The van der Waals surface area contributed by atoms with Crippen molar-refractivity contribution in [3.63, 3.8) is 0 Å². The van der Waals surface area contributed by atoms with Crippen molar-refractivity contribution in [3.8, 4) is 0 Å². The molecule has 9 heteroatoms. The smallest absolute Gasteiger partial charge is 0.414 e. The molecule has 3 aromatic rings.